The Morgan fingerprint density at radius 2 is 2.00 bits per heavy atom. The van der Waals surface area contributed by atoms with Gasteiger partial charge in [0.15, 0.2) is 0 Å². The molecule has 1 nitrogen and oxygen atoms in total. The minimum Gasteiger partial charge on any atom is -0.392 e. The Balaban J connectivity index is 2.24. The molecular formula is C13H17ClO. The van der Waals surface area contributed by atoms with Crippen molar-refractivity contribution in [1.82, 2.24) is 0 Å². The quantitative estimate of drug-likeness (QED) is 0.772. The van der Waals surface area contributed by atoms with E-state index in [0.29, 0.717) is 0 Å². The zero-order valence-corrected chi connectivity index (χ0v) is 9.80. The SMILES string of the molecule is Cc1ccc([C@H]2CCCC[C@@H]2O)cc1Cl. The number of aryl methyl sites for hydroxylation is 1. The summed E-state index contributed by atoms with van der Waals surface area (Å²) in [5, 5.41) is 10.7. The first-order valence-corrected chi connectivity index (χ1v) is 6.00. The molecule has 2 rings (SSSR count). The predicted molar refractivity (Wildman–Crippen MR) is 63.4 cm³/mol. The van der Waals surface area contributed by atoms with Crippen LogP contribution >= 0.6 is 11.6 Å². The summed E-state index contributed by atoms with van der Waals surface area (Å²) in [6.45, 7) is 2.00. The lowest BCUT2D eigenvalue weighted by molar-refractivity contribution is 0.106. The fraction of sp³-hybridized carbons (Fsp3) is 0.538. The summed E-state index contributed by atoms with van der Waals surface area (Å²) in [6.07, 6.45) is 4.19. The van der Waals surface area contributed by atoms with Crippen LogP contribution in [-0.4, -0.2) is 11.2 Å². The second-order valence-electron chi connectivity index (χ2n) is 4.47. The van der Waals surface area contributed by atoms with E-state index < -0.39 is 0 Å². The predicted octanol–water partition coefficient (Wildman–Crippen LogP) is 3.67. The third-order valence-electron chi connectivity index (χ3n) is 3.35. The Bertz CT molecular complexity index is 348. The van der Waals surface area contributed by atoms with Gasteiger partial charge in [0.25, 0.3) is 0 Å². The van der Waals surface area contributed by atoms with E-state index in [4.69, 9.17) is 11.6 Å². The summed E-state index contributed by atoms with van der Waals surface area (Å²) in [5.74, 6) is 0.289. The first-order valence-electron chi connectivity index (χ1n) is 5.62. The van der Waals surface area contributed by atoms with Crippen LogP contribution in [0.2, 0.25) is 5.02 Å². The molecule has 82 valence electrons. The smallest absolute Gasteiger partial charge is 0.0608 e. The molecule has 0 unspecified atom stereocenters. The monoisotopic (exact) mass is 224 g/mol. The molecule has 1 N–H and O–H groups in total. The number of rotatable bonds is 1. The fourth-order valence-corrected chi connectivity index (χ4v) is 2.53. The molecule has 15 heavy (non-hydrogen) atoms. The van der Waals surface area contributed by atoms with E-state index in [2.05, 4.69) is 6.07 Å². The van der Waals surface area contributed by atoms with Gasteiger partial charge in [-0.05, 0) is 37.0 Å². The average Bonchev–Trinajstić information content (AvgIpc) is 2.23. The maximum atomic E-state index is 9.94. The Labute approximate surface area is 96.1 Å². The number of hydrogen-bond donors (Lipinski definition) is 1. The molecule has 1 aliphatic rings. The summed E-state index contributed by atoms with van der Waals surface area (Å²) in [5.41, 5.74) is 2.29. The first kappa shape index (κ1) is 11.0. The van der Waals surface area contributed by atoms with Gasteiger partial charge in [0.2, 0.25) is 0 Å². The molecule has 0 saturated heterocycles. The topological polar surface area (TPSA) is 20.2 Å². The number of halogens is 1. The highest BCUT2D eigenvalue weighted by Crippen LogP contribution is 2.34. The van der Waals surface area contributed by atoms with Crippen LogP contribution in [0.5, 0.6) is 0 Å². The van der Waals surface area contributed by atoms with E-state index in [0.717, 1.165) is 29.8 Å². The molecule has 2 atom stereocenters. The van der Waals surface area contributed by atoms with Crippen LogP contribution in [0.3, 0.4) is 0 Å². The van der Waals surface area contributed by atoms with Crippen molar-refractivity contribution >= 4 is 11.6 Å². The summed E-state index contributed by atoms with van der Waals surface area (Å²) in [6, 6.07) is 6.15. The Morgan fingerprint density at radius 1 is 1.27 bits per heavy atom. The minimum atomic E-state index is -0.183. The molecule has 1 aromatic carbocycles. The third kappa shape index (κ3) is 2.35. The molecule has 0 aliphatic heterocycles. The van der Waals surface area contributed by atoms with Crippen molar-refractivity contribution in [3.63, 3.8) is 0 Å². The molecular weight excluding hydrogens is 208 g/mol. The maximum absolute atomic E-state index is 9.94. The summed E-state index contributed by atoms with van der Waals surface area (Å²) < 4.78 is 0. The molecule has 1 aromatic rings. The van der Waals surface area contributed by atoms with Crippen molar-refractivity contribution in [1.29, 1.82) is 0 Å². The van der Waals surface area contributed by atoms with Gasteiger partial charge in [0.05, 0.1) is 6.10 Å². The summed E-state index contributed by atoms with van der Waals surface area (Å²) in [7, 11) is 0. The van der Waals surface area contributed by atoms with Gasteiger partial charge in [0.1, 0.15) is 0 Å². The van der Waals surface area contributed by atoms with Crippen LogP contribution in [0.4, 0.5) is 0 Å². The van der Waals surface area contributed by atoms with Gasteiger partial charge in [-0.2, -0.15) is 0 Å². The highest BCUT2D eigenvalue weighted by atomic mass is 35.5. The third-order valence-corrected chi connectivity index (χ3v) is 3.76. The second-order valence-corrected chi connectivity index (χ2v) is 4.87. The molecule has 2 heteroatoms. The van der Waals surface area contributed by atoms with Crippen LogP contribution in [0.1, 0.15) is 42.7 Å². The molecule has 0 amide bonds. The van der Waals surface area contributed by atoms with Gasteiger partial charge in [-0.3, -0.25) is 0 Å². The lowest BCUT2D eigenvalue weighted by Crippen LogP contribution is -2.22. The fourth-order valence-electron chi connectivity index (χ4n) is 2.34. The van der Waals surface area contributed by atoms with Crippen molar-refractivity contribution in [3.8, 4) is 0 Å². The van der Waals surface area contributed by atoms with E-state index in [1.54, 1.807) is 0 Å². The number of hydrogen-bond acceptors (Lipinski definition) is 1. The number of aliphatic hydroxyl groups excluding tert-OH is 1. The van der Waals surface area contributed by atoms with Crippen molar-refractivity contribution in [2.75, 3.05) is 0 Å². The van der Waals surface area contributed by atoms with Crippen molar-refractivity contribution < 1.29 is 5.11 Å². The molecule has 1 aliphatic carbocycles. The van der Waals surface area contributed by atoms with Crippen LogP contribution in [-0.2, 0) is 0 Å². The van der Waals surface area contributed by atoms with E-state index in [1.165, 1.54) is 12.0 Å². The zero-order valence-electron chi connectivity index (χ0n) is 9.04. The van der Waals surface area contributed by atoms with Gasteiger partial charge in [-0.15, -0.1) is 0 Å². The Hall–Kier alpha value is -0.530. The molecule has 0 aromatic heterocycles. The largest absolute Gasteiger partial charge is 0.392 e. The molecule has 1 saturated carbocycles. The van der Waals surface area contributed by atoms with Crippen LogP contribution in [0, 0.1) is 6.92 Å². The van der Waals surface area contributed by atoms with Gasteiger partial charge in [-0.1, -0.05) is 36.6 Å². The highest BCUT2D eigenvalue weighted by Gasteiger charge is 2.24. The molecule has 0 radical (unpaired) electrons. The lowest BCUT2D eigenvalue weighted by atomic mass is 9.81. The maximum Gasteiger partial charge on any atom is 0.0608 e. The van der Waals surface area contributed by atoms with Gasteiger partial charge in [-0.25, -0.2) is 0 Å². The van der Waals surface area contributed by atoms with E-state index in [1.807, 2.05) is 19.1 Å². The zero-order chi connectivity index (χ0) is 10.8. The normalized spacial score (nSPS) is 26.6. The average molecular weight is 225 g/mol. The molecule has 1 fully saturated rings. The Morgan fingerprint density at radius 3 is 2.67 bits per heavy atom. The summed E-state index contributed by atoms with van der Waals surface area (Å²) >= 11 is 6.10. The van der Waals surface area contributed by atoms with Crippen LogP contribution in [0.25, 0.3) is 0 Å². The Kier molecular flexibility index (Phi) is 3.32. The highest BCUT2D eigenvalue weighted by molar-refractivity contribution is 6.31. The summed E-state index contributed by atoms with van der Waals surface area (Å²) in [4.78, 5) is 0. The number of aliphatic hydroxyl groups is 1. The lowest BCUT2D eigenvalue weighted by Gasteiger charge is -2.28. The van der Waals surface area contributed by atoms with E-state index >= 15 is 0 Å². The van der Waals surface area contributed by atoms with Crippen molar-refractivity contribution in [2.45, 2.75) is 44.6 Å². The van der Waals surface area contributed by atoms with Crippen LogP contribution < -0.4 is 0 Å². The van der Waals surface area contributed by atoms with Gasteiger partial charge in [0, 0.05) is 10.9 Å². The van der Waals surface area contributed by atoms with Crippen molar-refractivity contribution in [2.24, 2.45) is 0 Å². The molecule has 0 heterocycles. The van der Waals surface area contributed by atoms with E-state index in [9.17, 15) is 5.11 Å². The van der Waals surface area contributed by atoms with Crippen molar-refractivity contribution in [3.05, 3.63) is 34.3 Å². The minimum absolute atomic E-state index is 0.183. The molecule has 0 spiro atoms. The second kappa shape index (κ2) is 4.54. The molecule has 0 bridgehead atoms. The van der Waals surface area contributed by atoms with E-state index in [-0.39, 0.29) is 12.0 Å². The standard InChI is InChI=1S/C13H17ClO/c1-9-6-7-10(8-12(9)14)11-4-2-3-5-13(11)15/h6-8,11,13,15H,2-5H2,1H3/t11-,13+/m1/s1. The van der Waals surface area contributed by atoms with Gasteiger partial charge < -0.3 is 5.11 Å². The number of benzene rings is 1. The first-order chi connectivity index (χ1) is 7.18. The van der Waals surface area contributed by atoms with Crippen LogP contribution in [0.15, 0.2) is 18.2 Å². The van der Waals surface area contributed by atoms with Gasteiger partial charge >= 0.3 is 0 Å².